The van der Waals surface area contributed by atoms with Crippen LogP contribution in [0.1, 0.15) is 16.8 Å². The number of amides is 1. The van der Waals surface area contributed by atoms with Crippen molar-refractivity contribution in [3.63, 3.8) is 0 Å². The summed E-state index contributed by atoms with van der Waals surface area (Å²) < 4.78 is 6.14. The van der Waals surface area contributed by atoms with Crippen molar-refractivity contribution in [1.82, 2.24) is 15.5 Å². The van der Waals surface area contributed by atoms with E-state index in [0.717, 1.165) is 43.6 Å². The van der Waals surface area contributed by atoms with Crippen LogP contribution in [0.4, 0.5) is 0 Å². The highest BCUT2D eigenvalue weighted by atomic mass is 79.9. The van der Waals surface area contributed by atoms with Crippen LogP contribution in [-0.2, 0) is 0 Å². The van der Waals surface area contributed by atoms with Crippen molar-refractivity contribution < 1.29 is 9.53 Å². The van der Waals surface area contributed by atoms with Gasteiger partial charge in [-0.05, 0) is 31.2 Å². The number of rotatable bonds is 6. The summed E-state index contributed by atoms with van der Waals surface area (Å²) >= 11 is 3.37. The molecule has 1 saturated heterocycles. The van der Waals surface area contributed by atoms with Crippen molar-refractivity contribution in [3.05, 3.63) is 28.2 Å². The summed E-state index contributed by atoms with van der Waals surface area (Å²) in [6.45, 7) is 6.01. The molecule has 1 heterocycles. The zero-order valence-electron chi connectivity index (χ0n) is 12.3. The quantitative estimate of drug-likeness (QED) is 0.759. The molecule has 0 atom stereocenters. The Bertz CT molecular complexity index is 476. The second-order valence-electron chi connectivity index (χ2n) is 5.05. The van der Waals surface area contributed by atoms with E-state index in [0.29, 0.717) is 17.9 Å². The number of halogens is 1. The number of methoxy groups -OCH3 is 1. The number of hydrogen-bond donors (Lipinski definition) is 2. The molecule has 0 radical (unpaired) electrons. The smallest absolute Gasteiger partial charge is 0.255 e. The van der Waals surface area contributed by atoms with E-state index in [4.69, 9.17) is 4.74 Å². The van der Waals surface area contributed by atoms with Gasteiger partial charge < -0.3 is 20.3 Å². The predicted molar refractivity (Wildman–Crippen MR) is 87.0 cm³/mol. The minimum Gasteiger partial charge on any atom is -0.496 e. The Hall–Kier alpha value is -1.11. The highest BCUT2D eigenvalue weighted by Crippen LogP contribution is 2.23. The first-order chi connectivity index (χ1) is 10.2. The molecule has 6 heteroatoms. The van der Waals surface area contributed by atoms with E-state index in [9.17, 15) is 4.79 Å². The molecule has 1 aliphatic heterocycles. The minimum atomic E-state index is -0.0836. The maximum absolute atomic E-state index is 12.2. The van der Waals surface area contributed by atoms with Crippen LogP contribution < -0.4 is 15.4 Å². The molecular weight excluding hydrogens is 334 g/mol. The van der Waals surface area contributed by atoms with E-state index >= 15 is 0 Å². The first-order valence-corrected chi connectivity index (χ1v) is 8.05. The Morgan fingerprint density at radius 1 is 1.43 bits per heavy atom. The molecule has 1 aromatic rings. The number of nitrogens with zero attached hydrogens (tertiary/aromatic N) is 1. The Morgan fingerprint density at radius 3 is 2.90 bits per heavy atom. The standard InChI is InChI=1S/C15H22BrN3O2/c1-21-14-11-12(16)3-4-13(14)15(20)18-5-2-8-19-9-6-17-7-10-19/h3-4,11,17H,2,5-10H2,1H3,(H,18,20). The summed E-state index contributed by atoms with van der Waals surface area (Å²) in [4.78, 5) is 14.6. The van der Waals surface area contributed by atoms with Crippen molar-refractivity contribution >= 4 is 21.8 Å². The molecule has 5 nitrogen and oxygen atoms in total. The third-order valence-electron chi connectivity index (χ3n) is 3.55. The van der Waals surface area contributed by atoms with Gasteiger partial charge in [-0.2, -0.15) is 0 Å². The van der Waals surface area contributed by atoms with Crippen LogP contribution in [0.2, 0.25) is 0 Å². The van der Waals surface area contributed by atoms with Gasteiger partial charge in [-0.3, -0.25) is 4.79 Å². The lowest BCUT2D eigenvalue weighted by atomic mass is 10.2. The van der Waals surface area contributed by atoms with Crippen LogP contribution in [0, 0.1) is 0 Å². The maximum atomic E-state index is 12.2. The summed E-state index contributed by atoms with van der Waals surface area (Å²) in [5, 5.41) is 6.29. The number of nitrogens with one attached hydrogen (secondary N) is 2. The molecule has 0 saturated carbocycles. The largest absolute Gasteiger partial charge is 0.496 e. The van der Waals surface area contributed by atoms with Crippen LogP contribution in [0.15, 0.2) is 22.7 Å². The van der Waals surface area contributed by atoms with Crippen LogP contribution >= 0.6 is 15.9 Å². The Labute approximate surface area is 134 Å². The highest BCUT2D eigenvalue weighted by molar-refractivity contribution is 9.10. The van der Waals surface area contributed by atoms with E-state index in [2.05, 4.69) is 31.5 Å². The normalized spacial score (nSPS) is 15.7. The molecular formula is C15H22BrN3O2. The van der Waals surface area contributed by atoms with Crippen molar-refractivity contribution in [2.24, 2.45) is 0 Å². The average Bonchev–Trinajstić information content (AvgIpc) is 2.52. The fourth-order valence-electron chi connectivity index (χ4n) is 2.39. The van der Waals surface area contributed by atoms with Crippen molar-refractivity contribution in [2.75, 3.05) is 46.4 Å². The van der Waals surface area contributed by atoms with Crippen LogP contribution in [0.25, 0.3) is 0 Å². The molecule has 0 aliphatic carbocycles. The van der Waals surface area contributed by atoms with Gasteiger partial charge >= 0.3 is 0 Å². The fourth-order valence-corrected chi connectivity index (χ4v) is 2.73. The summed E-state index contributed by atoms with van der Waals surface area (Å²) in [5.74, 6) is 0.503. The third kappa shape index (κ3) is 4.98. The van der Waals surface area contributed by atoms with Gasteiger partial charge in [0.15, 0.2) is 0 Å². The zero-order valence-corrected chi connectivity index (χ0v) is 13.9. The van der Waals surface area contributed by atoms with Crippen molar-refractivity contribution in [3.8, 4) is 5.75 Å². The predicted octanol–water partition coefficient (Wildman–Crippen LogP) is 1.48. The summed E-state index contributed by atoms with van der Waals surface area (Å²) in [6.07, 6.45) is 0.963. The number of piperazine rings is 1. The molecule has 21 heavy (non-hydrogen) atoms. The molecule has 1 aromatic carbocycles. The number of carbonyl (C=O) groups is 1. The summed E-state index contributed by atoms with van der Waals surface area (Å²) in [7, 11) is 1.57. The van der Waals surface area contributed by atoms with Gasteiger partial charge in [-0.25, -0.2) is 0 Å². The molecule has 0 unspecified atom stereocenters. The van der Waals surface area contributed by atoms with Gasteiger partial charge in [0.05, 0.1) is 12.7 Å². The topological polar surface area (TPSA) is 53.6 Å². The molecule has 0 bridgehead atoms. The molecule has 1 aliphatic rings. The number of ether oxygens (including phenoxy) is 1. The van der Waals surface area contributed by atoms with E-state index in [1.807, 2.05) is 6.07 Å². The van der Waals surface area contributed by atoms with E-state index in [-0.39, 0.29) is 5.91 Å². The first-order valence-electron chi connectivity index (χ1n) is 7.25. The molecule has 0 aromatic heterocycles. The van der Waals surface area contributed by atoms with E-state index < -0.39 is 0 Å². The molecule has 0 spiro atoms. The fraction of sp³-hybridized carbons (Fsp3) is 0.533. The summed E-state index contributed by atoms with van der Waals surface area (Å²) in [5.41, 5.74) is 0.572. The Balaban J connectivity index is 1.76. The summed E-state index contributed by atoms with van der Waals surface area (Å²) in [6, 6.07) is 5.42. The average molecular weight is 356 g/mol. The molecule has 2 N–H and O–H groups in total. The van der Waals surface area contributed by atoms with Crippen LogP contribution in [0.3, 0.4) is 0 Å². The van der Waals surface area contributed by atoms with E-state index in [1.165, 1.54) is 0 Å². The second-order valence-corrected chi connectivity index (χ2v) is 5.96. The Kier molecular flexibility index (Phi) is 6.48. The lowest BCUT2D eigenvalue weighted by molar-refractivity contribution is 0.0948. The third-order valence-corrected chi connectivity index (χ3v) is 4.05. The van der Waals surface area contributed by atoms with Crippen molar-refractivity contribution in [2.45, 2.75) is 6.42 Å². The molecule has 2 rings (SSSR count). The van der Waals surface area contributed by atoms with Gasteiger partial charge in [0, 0.05) is 37.2 Å². The second kappa shape index (κ2) is 8.36. The number of benzene rings is 1. The molecule has 1 fully saturated rings. The Morgan fingerprint density at radius 2 is 2.19 bits per heavy atom. The lowest BCUT2D eigenvalue weighted by Gasteiger charge is -2.27. The van der Waals surface area contributed by atoms with Gasteiger partial charge in [-0.1, -0.05) is 15.9 Å². The number of carbonyl (C=O) groups excluding carboxylic acids is 1. The van der Waals surface area contributed by atoms with Gasteiger partial charge in [0.2, 0.25) is 0 Å². The monoisotopic (exact) mass is 355 g/mol. The first kappa shape index (κ1) is 16.3. The van der Waals surface area contributed by atoms with Gasteiger partial charge in [0.1, 0.15) is 5.75 Å². The van der Waals surface area contributed by atoms with Gasteiger partial charge in [-0.15, -0.1) is 0 Å². The maximum Gasteiger partial charge on any atom is 0.255 e. The lowest BCUT2D eigenvalue weighted by Crippen LogP contribution is -2.44. The highest BCUT2D eigenvalue weighted by Gasteiger charge is 2.13. The number of hydrogen-bond acceptors (Lipinski definition) is 4. The minimum absolute atomic E-state index is 0.0836. The van der Waals surface area contributed by atoms with E-state index in [1.54, 1.807) is 19.2 Å². The van der Waals surface area contributed by atoms with Crippen molar-refractivity contribution in [1.29, 1.82) is 0 Å². The van der Waals surface area contributed by atoms with Crippen LogP contribution in [0.5, 0.6) is 5.75 Å². The SMILES string of the molecule is COc1cc(Br)ccc1C(=O)NCCCN1CCNCC1. The molecule has 1 amide bonds. The zero-order chi connectivity index (χ0) is 15.1. The molecule has 116 valence electrons. The van der Waals surface area contributed by atoms with Crippen LogP contribution in [-0.4, -0.2) is 57.2 Å². The van der Waals surface area contributed by atoms with Gasteiger partial charge in [0.25, 0.3) is 5.91 Å².